The van der Waals surface area contributed by atoms with Gasteiger partial charge in [0.05, 0.1) is 5.60 Å². The van der Waals surface area contributed by atoms with E-state index in [2.05, 4.69) is 0 Å². The van der Waals surface area contributed by atoms with Gasteiger partial charge in [0.15, 0.2) is 0 Å². The first kappa shape index (κ1) is 15.4. The van der Waals surface area contributed by atoms with Crippen molar-refractivity contribution >= 4 is 5.97 Å². The molecule has 96 valence electrons. The van der Waals surface area contributed by atoms with E-state index in [1.807, 2.05) is 39.6 Å². The van der Waals surface area contributed by atoms with Crippen LogP contribution in [0.2, 0.25) is 0 Å². The molecule has 0 spiro atoms. The number of carboxylic acid groups (broad SMARTS) is 1. The molecule has 0 heterocycles. The molecule has 0 aromatic heterocycles. The van der Waals surface area contributed by atoms with Crippen LogP contribution >= 0.6 is 0 Å². The molecule has 1 N–H and O–H groups in total. The van der Waals surface area contributed by atoms with Crippen molar-refractivity contribution < 1.29 is 14.6 Å². The fraction of sp³-hybridized carbons (Fsp3) is 0.917. The Morgan fingerprint density at radius 2 is 2.00 bits per heavy atom. The lowest BCUT2D eigenvalue weighted by molar-refractivity contribution is -0.144. The van der Waals surface area contributed by atoms with Crippen LogP contribution in [0, 0.1) is 0 Å². The van der Waals surface area contributed by atoms with E-state index >= 15 is 0 Å². The average Bonchev–Trinajstić information content (AvgIpc) is 2.17. The minimum Gasteiger partial charge on any atom is -0.480 e. The Morgan fingerprint density at radius 3 is 2.31 bits per heavy atom. The standard InChI is InChI=1S/C12H25NO3/c1-7-10(11(14)15)13(5)9(2)8-12(3,4)16-6/h9-10H,7-8H2,1-6H3,(H,14,15). The Morgan fingerprint density at radius 1 is 1.50 bits per heavy atom. The number of aliphatic carboxylic acids is 1. The van der Waals surface area contributed by atoms with Gasteiger partial charge in [0.2, 0.25) is 0 Å². The van der Waals surface area contributed by atoms with E-state index in [1.54, 1.807) is 7.11 Å². The number of carbonyl (C=O) groups is 1. The van der Waals surface area contributed by atoms with Gasteiger partial charge < -0.3 is 9.84 Å². The predicted octanol–water partition coefficient (Wildman–Crippen LogP) is 1.99. The highest BCUT2D eigenvalue weighted by Crippen LogP contribution is 2.20. The summed E-state index contributed by atoms with van der Waals surface area (Å²) in [6, 6.07) is -0.237. The Bertz CT molecular complexity index is 228. The van der Waals surface area contributed by atoms with Gasteiger partial charge in [0.25, 0.3) is 0 Å². The third-order valence-electron chi connectivity index (χ3n) is 3.20. The molecule has 0 aromatic carbocycles. The molecule has 2 atom stereocenters. The summed E-state index contributed by atoms with van der Waals surface area (Å²) >= 11 is 0. The van der Waals surface area contributed by atoms with Gasteiger partial charge >= 0.3 is 5.97 Å². The van der Waals surface area contributed by atoms with E-state index in [9.17, 15) is 4.79 Å². The zero-order valence-electron chi connectivity index (χ0n) is 11.3. The van der Waals surface area contributed by atoms with Crippen molar-refractivity contribution in [2.75, 3.05) is 14.2 Å². The van der Waals surface area contributed by atoms with Crippen LogP contribution in [0.1, 0.15) is 40.5 Å². The van der Waals surface area contributed by atoms with Crippen molar-refractivity contribution in [1.29, 1.82) is 0 Å². The Kier molecular flexibility index (Phi) is 5.97. The second-order valence-electron chi connectivity index (χ2n) is 4.94. The molecular formula is C12H25NO3. The fourth-order valence-corrected chi connectivity index (χ4v) is 1.88. The number of methoxy groups -OCH3 is 1. The normalized spacial score (nSPS) is 16.2. The van der Waals surface area contributed by atoms with E-state index in [0.29, 0.717) is 6.42 Å². The lowest BCUT2D eigenvalue weighted by Gasteiger charge is -2.34. The minimum absolute atomic E-state index is 0.177. The van der Waals surface area contributed by atoms with Gasteiger partial charge in [-0.15, -0.1) is 0 Å². The second kappa shape index (κ2) is 6.21. The minimum atomic E-state index is -0.757. The van der Waals surface area contributed by atoms with Crippen molar-refractivity contribution in [2.24, 2.45) is 0 Å². The molecule has 0 rings (SSSR count). The maximum absolute atomic E-state index is 11.0. The molecule has 0 aromatic rings. The van der Waals surface area contributed by atoms with E-state index in [-0.39, 0.29) is 11.6 Å². The topological polar surface area (TPSA) is 49.8 Å². The summed E-state index contributed by atoms with van der Waals surface area (Å²) in [6.07, 6.45) is 1.42. The van der Waals surface area contributed by atoms with Crippen LogP contribution in [0.25, 0.3) is 0 Å². The molecule has 0 aliphatic heterocycles. The van der Waals surface area contributed by atoms with Crippen molar-refractivity contribution in [1.82, 2.24) is 4.90 Å². The quantitative estimate of drug-likeness (QED) is 0.728. The summed E-state index contributed by atoms with van der Waals surface area (Å²) < 4.78 is 5.36. The average molecular weight is 231 g/mol. The molecule has 4 heteroatoms. The van der Waals surface area contributed by atoms with Crippen LogP contribution in [0.3, 0.4) is 0 Å². The molecule has 0 bridgehead atoms. The molecule has 0 fully saturated rings. The largest absolute Gasteiger partial charge is 0.480 e. The van der Waals surface area contributed by atoms with Gasteiger partial charge in [-0.2, -0.15) is 0 Å². The molecule has 0 aliphatic carbocycles. The van der Waals surface area contributed by atoms with Crippen molar-refractivity contribution in [2.45, 2.75) is 58.2 Å². The summed E-state index contributed by atoms with van der Waals surface area (Å²) in [5, 5.41) is 9.08. The molecular weight excluding hydrogens is 206 g/mol. The van der Waals surface area contributed by atoms with E-state index in [0.717, 1.165) is 6.42 Å². The number of ether oxygens (including phenoxy) is 1. The molecule has 0 radical (unpaired) electrons. The Hall–Kier alpha value is -0.610. The zero-order chi connectivity index (χ0) is 12.9. The maximum Gasteiger partial charge on any atom is 0.320 e. The molecule has 2 unspecified atom stereocenters. The van der Waals surface area contributed by atoms with Crippen LogP contribution < -0.4 is 0 Å². The number of rotatable bonds is 7. The molecule has 0 amide bonds. The van der Waals surface area contributed by atoms with E-state index < -0.39 is 12.0 Å². The van der Waals surface area contributed by atoms with E-state index in [4.69, 9.17) is 9.84 Å². The smallest absolute Gasteiger partial charge is 0.320 e. The summed E-state index contributed by atoms with van der Waals surface area (Å²) in [6.45, 7) is 7.95. The summed E-state index contributed by atoms with van der Waals surface area (Å²) in [4.78, 5) is 12.9. The first-order valence-electron chi connectivity index (χ1n) is 5.75. The van der Waals surface area contributed by atoms with Crippen LogP contribution in [-0.4, -0.2) is 47.8 Å². The number of nitrogens with zero attached hydrogens (tertiary/aromatic N) is 1. The Balaban J connectivity index is 4.48. The van der Waals surface area contributed by atoms with Gasteiger partial charge in [0.1, 0.15) is 6.04 Å². The van der Waals surface area contributed by atoms with Crippen molar-refractivity contribution in [3.63, 3.8) is 0 Å². The number of hydrogen-bond acceptors (Lipinski definition) is 3. The van der Waals surface area contributed by atoms with Gasteiger partial charge in [-0.1, -0.05) is 6.92 Å². The third kappa shape index (κ3) is 4.49. The van der Waals surface area contributed by atoms with Gasteiger partial charge in [0, 0.05) is 13.2 Å². The Labute approximate surface area is 98.6 Å². The first-order chi connectivity index (χ1) is 7.25. The highest BCUT2D eigenvalue weighted by Gasteiger charge is 2.28. The number of likely N-dealkylation sites (N-methyl/N-ethyl adjacent to an activating group) is 1. The molecule has 0 saturated heterocycles. The monoisotopic (exact) mass is 231 g/mol. The van der Waals surface area contributed by atoms with Crippen LogP contribution in [0.15, 0.2) is 0 Å². The summed E-state index contributed by atoms with van der Waals surface area (Å²) in [5.74, 6) is -0.757. The highest BCUT2D eigenvalue weighted by atomic mass is 16.5. The maximum atomic E-state index is 11.0. The second-order valence-corrected chi connectivity index (χ2v) is 4.94. The third-order valence-corrected chi connectivity index (χ3v) is 3.20. The van der Waals surface area contributed by atoms with E-state index in [1.165, 1.54) is 0 Å². The molecule has 16 heavy (non-hydrogen) atoms. The number of carboxylic acids is 1. The highest BCUT2D eigenvalue weighted by molar-refractivity contribution is 5.73. The summed E-state index contributed by atoms with van der Waals surface area (Å²) in [7, 11) is 3.54. The predicted molar refractivity (Wildman–Crippen MR) is 64.6 cm³/mol. The lowest BCUT2D eigenvalue weighted by atomic mass is 9.98. The lowest BCUT2D eigenvalue weighted by Crippen LogP contribution is -2.46. The molecule has 4 nitrogen and oxygen atoms in total. The SMILES string of the molecule is CCC(C(=O)O)N(C)C(C)CC(C)(C)OC. The number of hydrogen-bond donors (Lipinski definition) is 1. The van der Waals surface area contributed by atoms with Crippen LogP contribution in [0.4, 0.5) is 0 Å². The summed E-state index contributed by atoms with van der Waals surface area (Å²) in [5.41, 5.74) is -0.218. The first-order valence-corrected chi connectivity index (χ1v) is 5.75. The molecule has 0 saturated carbocycles. The van der Waals surface area contributed by atoms with Crippen LogP contribution in [-0.2, 0) is 9.53 Å². The molecule has 0 aliphatic rings. The fourth-order valence-electron chi connectivity index (χ4n) is 1.88. The van der Waals surface area contributed by atoms with Gasteiger partial charge in [-0.05, 0) is 40.7 Å². The van der Waals surface area contributed by atoms with Crippen molar-refractivity contribution in [3.05, 3.63) is 0 Å². The van der Waals surface area contributed by atoms with Crippen molar-refractivity contribution in [3.8, 4) is 0 Å². The van der Waals surface area contributed by atoms with Gasteiger partial charge in [-0.25, -0.2) is 0 Å². The van der Waals surface area contributed by atoms with Gasteiger partial charge in [-0.3, -0.25) is 9.69 Å². The van der Waals surface area contributed by atoms with Crippen LogP contribution in [0.5, 0.6) is 0 Å². The zero-order valence-corrected chi connectivity index (χ0v) is 11.3.